The van der Waals surface area contributed by atoms with Gasteiger partial charge in [0.1, 0.15) is 12.5 Å². The third-order valence-electron chi connectivity index (χ3n) is 5.11. The van der Waals surface area contributed by atoms with Gasteiger partial charge in [-0.1, -0.05) is 19.2 Å². The van der Waals surface area contributed by atoms with Crippen LogP contribution < -0.4 is 4.74 Å². The molecule has 1 aromatic carbocycles. The molecule has 1 N–H and O–H groups in total. The molecule has 166 valence electrons. The Morgan fingerprint density at radius 2 is 1.97 bits per heavy atom. The van der Waals surface area contributed by atoms with Crippen LogP contribution in [0.3, 0.4) is 0 Å². The van der Waals surface area contributed by atoms with Crippen LogP contribution in [0.5, 0.6) is 11.6 Å². The first-order chi connectivity index (χ1) is 15.6. The first kappa shape index (κ1) is 22.1. The van der Waals surface area contributed by atoms with E-state index >= 15 is 0 Å². The SMILES string of the molecule is C[SiH](C)CCOCn1nccc1-c1ccc(Oc2ccc3nc(CCO)ccc3c2)nc1. The summed E-state index contributed by atoms with van der Waals surface area (Å²) in [5.41, 5.74) is 3.66. The Bertz CT molecular complexity index is 1160. The monoisotopic (exact) mass is 448 g/mol. The van der Waals surface area contributed by atoms with Gasteiger partial charge in [0.25, 0.3) is 0 Å². The molecule has 0 aliphatic carbocycles. The lowest BCUT2D eigenvalue weighted by atomic mass is 10.1. The highest BCUT2D eigenvalue weighted by Crippen LogP contribution is 2.26. The molecule has 0 fully saturated rings. The van der Waals surface area contributed by atoms with E-state index in [1.54, 1.807) is 12.4 Å². The minimum atomic E-state index is -0.599. The normalized spacial score (nSPS) is 11.4. The standard InChI is InChI=1S/C24H28N4O3Si/c1-32(2)14-13-30-17-28-23(9-11-26-28)19-4-8-24(25-16-19)31-21-6-7-22-18(15-21)3-5-20(27-22)10-12-29/h3-9,11,15-16,29,32H,10,12-14,17H2,1-2H3. The van der Waals surface area contributed by atoms with Crippen molar-refractivity contribution in [3.05, 3.63) is 66.6 Å². The number of benzene rings is 1. The number of pyridine rings is 2. The van der Waals surface area contributed by atoms with Crippen molar-refractivity contribution in [2.45, 2.75) is 32.3 Å². The second-order valence-electron chi connectivity index (χ2n) is 8.05. The van der Waals surface area contributed by atoms with Gasteiger partial charge < -0.3 is 14.6 Å². The number of aliphatic hydroxyl groups is 1. The molecule has 0 atom stereocenters. The highest BCUT2D eigenvalue weighted by molar-refractivity contribution is 6.55. The Labute approximate surface area is 189 Å². The summed E-state index contributed by atoms with van der Waals surface area (Å²) in [7, 11) is -0.599. The van der Waals surface area contributed by atoms with E-state index < -0.39 is 8.80 Å². The number of hydrogen-bond acceptors (Lipinski definition) is 6. The van der Waals surface area contributed by atoms with Crippen molar-refractivity contribution in [1.29, 1.82) is 0 Å². The van der Waals surface area contributed by atoms with Gasteiger partial charge in [-0.25, -0.2) is 9.67 Å². The highest BCUT2D eigenvalue weighted by Gasteiger charge is 2.08. The van der Waals surface area contributed by atoms with Crippen LogP contribution in [0, 0.1) is 0 Å². The molecule has 3 aromatic heterocycles. The quantitative estimate of drug-likeness (QED) is 0.288. The van der Waals surface area contributed by atoms with E-state index in [1.165, 1.54) is 6.04 Å². The van der Waals surface area contributed by atoms with Crippen molar-refractivity contribution in [2.75, 3.05) is 13.2 Å². The zero-order valence-corrected chi connectivity index (χ0v) is 19.6. The average molecular weight is 449 g/mol. The van der Waals surface area contributed by atoms with E-state index in [2.05, 4.69) is 28.2 Å². The molecule has 3 heterocycles. The van der Waals surface area contributed by atoms with Gasteiger partial charge in [0, 0.05) is 63.5 Å². The summed E-state index contributed by atoms with van der Waals surface area (Å²) in [6.07, 6.45) is 4.11. The van der Waals surface area contributed by atoms with Crippen molar-refractivity contribution < 1.29 is 14.6 Å². The molecule has 0 amide bonds. The van der Waals surface area contributed by atoms with Gasteiger partial charge in [-0.3, -0.25) is 4.98 Å². The Kier molecular flexibility index (Phi) is 7.26. The predicted octanol–water partition coefficient (Wildman–Crippen LogP) is 4.28. The number of aliphatic hydroxyl groups excluding tert-OH is 1. The van der Waals surface area contributed by atoms with Crippen LogP contribution in [-0.2, 0) is 17.9 Å². The fraction of sp³-hybridized carbons (Fsp3) is 0.292. The third-order valence-corrected chi connectivity index (χ3v) is 6.50. The van der Waals surface area contributed by atoms with Crippen molar-refractivity contribution in [3.8, 4) is 22.9 Å². The number of ether oxygens (including phenoxy) is 2. The summed E-state index contributed by atoms with van der Waals surface area (Å²) in [5, 5.41) is 14.4. The number of nitrogens with zero attached hydrogens (tertiary/aromatic N) is 4. The highest BCUT2D eigenvalue weighted by atomic mass is 28.3. The van der Waals surface area contributed by atoms with Crippen molar-refractivity contribution in [1.82, 2.24) is 19.7 Å². The van der Waals surface area contributed by atoms with E-state index in [4.69, 9.17) is 14.6 Å². The van der Waals surface area contributed by atoms with Crippen molar-refractivity contribution >= 4 is 19.7 Å². The summed E-state index contributed by atoms with van der Waals surface area (Å²) in [6, 6.07) is 16.6. The molecule has 0 bridgehead atoms. The zero-order chi connectivity index (χ0) is 22.3. The lowest BCUT2D eigenvalue weighted by Crippen LogP contribution is -2.10. The van der Waals surface area contributed by atoms with E-state index in [9.17, 15) is 0 Å². The van der Waals surface area contributed by atoms with E-state index in [0.29, 0.717) is 24.8 Å². The number of fused-ring (bicyclic) bond motifs is 1. The predicted molar refractivity (Wildman–Crippen MR) is 128 cm³/mol. The maximum atomic E-state index is 9.08. The minimum absolute atomic E-state index is 0.0920. The minimum Gasteiger partial charge on any atom is -0.439 e. The molecule has 0 saturated carbocycles. The van der Waals surface area contributed by atoms with Crippen molar-refractivity contribution in [2.24, 2.45) is 0 Å². The third kappa shape index (κ3) is 5.59. The van der Waals surface area contributed by atoms with E-state index in [-0.39, 0.29) is 6.61 Å². The van der Waals surface area contributed by atoms with Crippen LogP contribution >= 0.6 is 0 Å². The summed E-state index contributed by atoms with van der Waals surface area (Å²) in [4.78, 5) is 9.02. The largest absolute Gasteiger partial charge is 0.439 e. The van der Waals surface area contributed by atoms with Gasteiger partial charge >= 0.3 is 0 Å². The van der Waals surface area contributed by atoms with Crippen LogP contribution in [0.1, 0.15) is 5.69 Å². The molecular weight excluding hydrogens is 420 g/mol. The Balaban J connectivity index is 1.42. The van der Waals surface area contributed by atoms with Crippen LogP contribution in [0.4, 0.5) is 0 Å². The lowest BCUT2D eigenvalue weighted by Gasteiger charge is -2.10. The van der Waals surface area contributed by atoms with Gasteiger partial charge in [-0.15, -0.1) is 0 Å². The van der Waals surface area contributed by atoms with Crippen LogP contribution in [0.25, 0.3) is 22.2 Å². The number of aromatic nitrogens is 4. The molecule has 4 aromatic rings. The van der Waals surface area contributed by atoms with E-state index in [0.717, 1.165) is 34.5 Å². The van der Waals surface area contributed by atoms with Crippen LogP contribution in [0.15, 0.2) is 60.9 Å². The Hall–Kier alpha value is -3.07. The van der Waals surface area contributed by atoms with Crippen molar-refractivity contribution in [3.63, 3.8) is 0 Å². The van der Waals surface area contributed by atoms with Gasteiger partial charge in [0.05, 0.1) is 11.2 Å². The molecular formula is C24H28N4O3Si. The first-order valence-electron chi connectivity index (χ1n) is 10.9. The second kappa shape index (κ2) is 10.5. The van der Waals surface area contributed by atoms with Gasteiger partial charge in [-0.2, -0.15) is 5.10 Å². The topological polar surface area (TPSA) is 82.3 Å². The van der Waals surface area contributed by atoms with E-state index in [1.807, 2.05) is 53.2 Å². The molecule has 0 radical (unpaired) electrons. The number of rotatable bonds is 10. The smallest absolute Gasteiger partial charge is 0.219 e. The summed E-state index contributed by atoms with van der Waals surface area (Å²) < 4.78 is 13.6. The fourth-order valence-corrected chi connectivity index (χ4v) is 3.96. The summed E-state index contributed by atoms with van der Waals surface area (Å²) in [6.45, 7) is 5.95. The summed E-state index contributed by atoms with van der Waals surface area (Å²) in [5.74, 6) is 1.21. The van der Waals surface area contributed by atoms with Gasteiger partial charge in [0.2, 0.25) is 5.88 Å². The number of hydrogen-bond donors (Lipinski definition) is 1. The van der Waals surface area contributed by atoms with Crippen LogP contribution in [-0.4, -0.2) is 46.9 Å². The molecule has 4 rings (SSSR count). The molecule has 8 heteroatoms. The molecule has 0 aliphatic heterocycles. The summed E-state index contributed by atoms with van der Waals surface area (Å²) >= 11 is 0. The molecule has 0 saturated heterocycles. The Morgan fingerprint density at radius 3 is 2.75 bits per heavy atom. The molecule has 0 aliphatic rings. The first-order valence-corrected chi connectivity index (χ1v) is 14.0. The molecule has 32 heavy (non-hydrogen) atoms. The zero-order valence-electron chi connectivity index (χ0n) is 18.4. The molecule has 7 nitrogen and oxygen atoms in total. The van der Waals surface area contributed by atoms with Gasteiger partial charge in [0.15, 0.2) is 0 Å². The molecule has 0 spiro atoms. The lowest BCUT2D eigenvalue weighted by molar-refractivity contribution is 0.0801. The maximum absolute atomic E-state index is 9.08. The van der Waals surface area contributed by atoms with Gasteiger partial charge in [-0.05, 0) is 42.4 Å². The molecule has 0 unspecified atom stereocenters. The Morgan fingerprint density at radius 1 is 1.06 bits per heavy atom. The second-order valence-corrected chi connectivity index (χ2v) is 11.4. The maximum Gasteiger partial charge on any atom is 0.219 e. The van der Waals surface area contributed by atoms with Crippen LogP contribution in [0.2, 0.25) is 19.1 Å². The fourth-order valence-electron chi connectivity index (χ4n) is 3.33. The average Bonchev–Trinajstić information content (AvgIpc) is 3.26.